The van der Waals surface area contributed by atoms with Crippen molar-refractivity contribution in [1.29, 1.82) is 0 Å². The van der Waals surface area contributed by atoms with Crippen LogP contribution in [0.1, 0.15) is 16.8 Å². The van der Waals surface area contributed by atoms with Gasteiger partial charge in [-0.2, -0.15) is 8.78 Å². The summed E-state index contributed by atoms with van der Waals surface area (Å²) >= 11 is 5.84. The minimum absolute atomic E-state index is 0.0758. The topological polar surface area (TPSA) is 61.9 Å². The Morgan fingerprint density at radius 1 is 0.966 bits per heavy atom. The number of alkyl halides is 2. The Morgan fingerprint density at radius 3 is 2.34 bits per heavy atom. The van der Waals surface area contributed by atoms with Gasteiger partial charge in [-0.05, 0) is 42.8 Å². The van der Waals surface area contributed by atoms with Crippen LogP contribution in [0.15, 0.2) is 48.5 Å². The highest BCUT2D eigenvalue weighted by Crippen LogP contribution is 2.23. The van der Waals surface area contributed by atoms with Crippen LogP contribution in [0, 0.1) is 0 Å². The van der Waals surface area contributed by atoms with Crippen molar-refractivity contribution in [3.63, 3.8) is 0 Å². The third-order valence-electron chi connectivity index (χ3n) is 4.50. The number of benzene rings is 2. The summed E-state index contributed by atoms with van der Waals surface area (Å²) in [6.07, 6.45) is 0.567. The summed E-state index contributed by atoms with van der Waals surface area (Å²) in [5, 5.41) is 3.37. The molecule has 3 rings (SSSR count). The minimum Gasteiger partial charge on any atom is -0.434 e. The van der Waals surface area contributed by atoms with Gasteiger partial charge in [-0.15, -0.1) is 0 Å². The van der Waals surface area contributed by atoms with Gasteiger partial charge in [0.1, 0.15) is 5.75 Å². The van der Waals surface area contributed by atoms with E-state index in [0.29, 0.717) is 36.8 Å². The van der Waals surface area contributed by atoms with Crippen molar-refractivity contribution >= 4 is 29.2 Å². The number of nitrogens with one attached hydrogen (secondary N) is 1. The zero-order chi connectivity index (χ0) is 20.8. The zero-order valence-electron chi connectivity index (χ0n) is 15.5. The van der Waals surface area contributed by atoms with E-state index in [0.717, 1.165) is 0 Å². The monoisotopic (exact) mass is 423 g/mol. The van der Waals surface area contributed by atoms with Gasteiger partial charge in [0, 0.05) is 36.9 Å². The maximum atomic E-state index is 12.8. The zero-order valence-corrected chi connectivity index (χ0v) is 16.2. The highest BCUT2D eigenvalue weighted by Gasteiger charge is 2.25. The number of carbonyl (C=O) groups excluding carboxylic acids is 2. The van der Waals surface area contributed by atoms with E-state index in [9.17, 15) is 18.4 Å². The van der Waals surface area contributed by atoms with Crippen molar-refractivity contribution in [1.82, 2.24) is 9.80 Å². The Bertz CT molecular complexity index is 864. The summed E-state index contributed by atoms with van der Waals surface area (Å²) in [5.74, 6) is -0.560. The molecule has 2 aromatic carbocycles. The van der Waals surface area contributed by atoms with Crippen LogP contribution in [-0.4, -0.2) is 54.5 Å². The fraction of sp³-hybridized carbons (Fsp3) is 0.300. The number of nitrogens with zero attached hydrogens (tertiary/aromatic N) is 2. The lowest BCUT2D eigenvalue weighted by molar-refractivity contribution is -0.0502. The molecule has 1 saturated heterocycles. The molecule has 0 aliphatic carbocycles. The summed E-state index contributed by atoms with van der Waals surface area (Å²) in [6, 6.07) is 12.4. The lowest BCUT2D eigenvalue weighted by Crippen LogP contribution is -2.39. The molecule has 0 atom stereocenters. The van der Waals surface area contributed by atoms with Crippen LogP contribution in [0.2, 0.25) is 5.02 Å². The SMILES string of the molecule is O=C(Nc1ccc(Cl)cc1)N1CCCN(C(=O)c2ccccc2OC(F)F)CC1. The first-order chi connectivity index (χ1) is 13.9. The summed E-state index contributed by atoms with van der Waals surface area (Å²) < 4.78 is 29.7. The third kappa shape index (κ3) is 5.57. The van der Waals surface area contributed by atoms with E-state index < -0.39 is 12.5 Å². The quantitative estimate of drug-likeness (QED) is 0.796. The van der Waals surface area contributed by atoms with E-state index in [1.165, 1.54) is 18.2 Å². The molecule has 3 amide bonds. The second-order valence-corrected chi connectivity index (χ2v) is 6.88. The van der Waals surface area contributed by atoms with Gasteiger partial charge < -0.3 is 19.9 Å². The first-order valence-corrected chi connectivity index (χ1v) is 9.46. The molecule has 1 aliphatic heterocycles. The predicted octanol–water partition coefficient (Wildman–Crippen LogP) is 4.32. The van der Waals surface area contributed by atoms with Gasteiger partial charge in [-0.1, -0.05) is 23.7 Å². The summed E-state index contributed by atoms with van der Waals surface area (Å²) in [6.45, 7) is -1.52. The summed E-state index contributed by atoms with van der Waals surface area (Å²) in [7, 11) is 0. The number of rotatable bonds is 4. The van der Waals surface area contributed by atoms with Crippen molar-refractivity contribution in [2.24, 2.45) is 0 Å². The van der Waals surface area contributed by atoms with Crippen LogP contribution >= 0.6 is 11.6 Å². The Hall–Kier alpha value is -2.87. The largest absolute Gasteiger partial charge is 0.434 e. The van der Waals surface area contributed by atoms with Gasteiger partial charge in [0.25, 0.3) is 5.91 Å². The van der Waals surface area contributed by atoms with E-state index in [4.69, 9.17) is 11.6 Å². The maximum absolute atomic E-state index is 12.8. The van der Waals surface area contributed by atoms with Crippen LogP contribution in [0.5, 0.6) is 5.75 Å². The molecule has 0 saturated carbocycles. The minimum atomic E-state index is -3.01. The third-order valence-corrected chi connectivity index (χ3v) is 4.75. The average molecular weight is 424 g/mol. The van der Waals surface area contributed by atoms with Crippen LogP contribution in [-0.2, 0) is 0 Å². The van der Waals surface area contributed by atoms with E-state index in [1.54, 1.807) is 40.1 Å². The van der Waals surface area contributed by atoms with E-state index in [-0.39, 0.29) is 23.9 Å². The fourth-order valence-corrected chi connectivity index (χ4v) is 3.20. The van der Waals surface area contributed by atoms with Crippen molar-refractivity contribution in [2.45, 2.75) is 13.0 Å². The Morgan fingerprint density at radius 2 is 1.62 bits per heavy atom. The highest BCUT2D eigenvalue weighted by atomic mass is 35.5. The van der Waals surface area contributed by atoms with Crippen molar-refractivity contribution in [3.8, 4) is 5.75 Å². The molecule has 1 N–H and O–H groups in total. The molecular weight excluding hydrogens is 404 g/mol. The number of amides is 3. The number of anilines is 1. The Labute approximate surface area is 172 Å². The molecule has 0 spiro atoms. The molecule has 154 valence electrons. The second kappa shape index (κ2) is 9.56. The molecule has 29 heavy (non-hydrogen) atoms. The molecular formula is C20H20ClF2N3O3. The molecule has 1 aliphatic rings. The Balaban J connectivity index is 1.63. The molecule has 0 aromatic heterocycles. The van der Waals surface area contributed by atoms with Gasteiger partial charge in [0.2, 0.25) is 0 Å². The molecule has 9 heteroatoms. The van der Waals surface area contributed by atoms with E-state index in [2.05, 4.69) is 10.1 Å². The number of hydrogen-bond acceptors (Lipinski definition) is 3. The van der Waals surface area contributed by atoms with Crippen molar-refractivity contribution < 1.29 is 23.1 Å². The smallest absolute Gasteiger partial charge is 0.387 e. The second-order valence-electron chi connectivity index (χ2n) is 6.44. The number of para-hydroxylation sites is 1. The fourth-order valence-electron chi connectivity index (χ4n) is 3.07. The van der Waals surface area contributed by atoms with Crippen LogP contribution < -0.4 is 10.1 Å². The molecule has 0 bridgehead atoms. The molecule has 1 heterocycles. The normalized spacial score (nSPS) is 14.5. The van der Waals surface area contributed by atoms with Gasteiger partial charge in [0.15, 0.2) is 0 Å². The van der Waals surface area contributed by atoms with Crippen LogP contribution in [0.3, 0.4) is 0 Å². The maximum Gasteiger partial charge on any atom is 0.387 e. The molecule has 6 nitrogen and oxygen atoms in total. The Kier molecular flexibility index (Phi) is 6.87. The first kappa shape index (κ1) is 20.9. The standard InChI is InChI=1S/C20H20ClF2N3O3/c21-14-6-8-15(9-7-14)24-20(28)26-11-3-10-25(12-13-26)18(27)16-4-1-2-5-17(16)29-19(22)23/h1-2,4-9,19H,3,10-13H2,(H,24,28). The molecule has 1 fully saturated rings. The van der Waals surface area contributed by atoms with Gasteiger partial charge in [-0.3, -0.25) is 4.79 Å². The van der Waals surface area contributed by atoms with Crippen molar-refractivity contribution in [2.75, 3.05) is 31.5 Å². The number of urea groups is 1. The number of carbonyl (C=O) groups is 2. The van der Waals surface area contributed by atoms with Crippen LogP contribution in [0.25, 0.3) is 0 Å². The lowest BCUT2D eigenvalue weighted by Gasteiger charge is -2.23. The first-order valence-electron chi connectivity index (χ1n) is 9.08. The molecule has 0 unspecified atom stereocenters. The number of hydrogen-bond donors (Lipinski definition) is 1. The van der Waals surface area contributed by atoms with Crippen LogP contribution in [0.4, 0.5) is 19.3 Å². The predicted molar refractivity (Wildman–Crippen MR) is 106 cm³/mol. The highest BCUT2D eigenvalue weighted by molar-refractivity contribution is 6.30. The van der Waals surface area contributed by atoms with Gasteiger partial charge in [0.05, 0.1) is 5.56 Å². The number of halogens is 3. The van der Waals surface area contributed by atoms with Crippen molar-refractivity contribution in [3.05, 3.63) is 59.1 Å². The van der Waals surface area contributed by atoms with Gasteiger partial charge >= 0.3 is 12.6 Å². The molecule has 0 radical (unpaired) electrons. The summed E-state index contributed by atoms with van der Waals surface area (Å²) in [4.78, 5) is 28.5. The average Bonchev–Trinajstić information content (AvgIpc) is 2.95. The lowest BCUT2D eigenvalue weighted by atomic mass is 10.1. The van der Waals surface area contributed by atoms with E-state index in [1.807, 2.05) is 0 Å². The van der Waals surface area contributed by atoms with E-state index >= 15 is 0 Å². The summed E-state index contributed by atoms with van der Waals surface area (Å²) in [5.41, 5.74) is 0.696. The van der Waals surface area contributed by atoms with Gasteiger partial charge in [-0.25, -0.2) is 4.79 Å². The number of ether oxygens (including phenoxy) is 1. The molecule has 2 aromatic rings.